The van der Waals surface area contributed by atoms with Crippen LogP contribution in [0.25, 0.3) is 11.0 Å². The number of methoxy groups -OCH3 is 2. The van der Waals surface area contributed by atoms with Crippen LogP contribution >= 0.6 is 0 Å². The molecule has 34 heavy (non-hydrogen) atoms. The number of benzene rings is 1. The van der Waals surface area contributed by atoms with Gasteiger partial charge in [-0.15, -0.1) is 0 Å². The Bertz CT molecular complexity index is 1250. The van der Waals surface area contributed by atoms with Crippen molar-refractivity contribution in [2.45, 2.75) is 12.5 Å². The lowest BCUT2D eigenvalue weighted by atomic mass is 10.1. The molecule has 0 spiro atoms. The van der Waals surface area contributed by atoms with E-state index in [-0.39, 0.29) is 11.9 Å². The van der Waals surface area contributed by atoms with E-state index in [1.54, 1.807) is 32.6 Å². The maximum Gasteiger partial charge on any atom is 0.248 e. The standard InChI is InChI=1S/C25H28N6O3/c1-30(2)9-8-23(32)31-10-7-18(15-31)29-22-14-26-25-24(22)21(27-16-28-25)6-5-17-11-19(33-3)13-20(12-17)34-4/h8-9,11-14,16,18,29H,7,10,15H2,1-4H3,(H,26,27,28)/t18-/m0/s1. The number of nitrogens with one attached hydrogen (secondary N) is 2. The van der Waals surface area contributed by atoms with Crippen LogP contribution in [0.5, 0.6) is 11.5 Å². The largest absolute Gasteiger partial charge is 0.497 e. The number of nitrogens with zero attached hydrogens (tertiary/aromatic N) is 4. The third-order valence-corrected chi connectivity index (χ3v) is 5.52. The zero-order chi connectivity index (χ0) is 24.1. The summed E-state index contributed by atoms with van der Waals surface area (Å²) in [5, 5.41) is 4.36. The van der Waals surface area contributed by atoms with Crippen LogP contribution in [-0.4, -0.2) is 78.1 Å². The first-order valence-electron chi connectivity index (χ1n) is 10.9. The summed E-state index contributed by atoms with van der Waals surface area (Å²) in [4.78, 5) is 28.0. The molecule has 2 aromatic heterocycles. The Kier molecular flexibility index (Phi) is 6.87. The van der Waals surface area contributed by atoms with E-state index in [9.17, 15) is 4.79 Å². The van der Waals surface area contributed by atoms with E-state index in [2.05, 4.69) is 32.1 Å². The molecular formula is C25H28N6O3. The average Bonchev–Trinajstić information content (AvgIpc) is 3.49. The molecule has 1 aliphatic rings. The van der Waals surface area contributed by atoms with Gasteiger partial charge in [-0.3, -0.25) is 4.79 Å². The molecule has 4 rings (SSSR count). The lowest BCUT2D eigenvalue weighted by Crippen LogP contribution is -2.30. The molecular weight excluding hydrogens is 432 g/mol. The minimum absolute atomic E-state index is 0.0144. The van der Waals surface area contributed by atoms with Crippen molar-refractivity contribution >= 4 is 22.6 Å². The molecule has 1 atom stereocenters. The first-order valence-corrected chi connectivity index (χ1v) is 10.9. The maximum atomic E-state index is 12.4. The van der Waals surface area contributed by atoms with Gasteiger partial charge in [0.05, 0.1) is 25.3 Å². The number of aromatic nitrogens is 3. The van der Waals surface area contributed by atoms with Gasteiger partial charge in [0, 0.05) is 63.3 Å². The summed E-state index contributed by atoms with van der Waals surface area (Å²) in [6.07, 6.45) is 7.58. The first-order chi connectivity index (χ1) is 16.5. The van der Waals surface area contributed by atoms with Gasteiger partial charge in [0.25, 0.3) is 0 Å². The van der Waals surface area contributed by atoms with Gasteiger partial charge in [0.2, 0.25) is 5.91 Å². The molecule has 176 valence electrons. The molecule has 3 aromatic rings. The summed E-state index contributed by atoms with van der Waals surface area (Å²) in [5.74, 6) is 7.66. The van der Waals surface area contributed by atoms with E-state index in [1.165, 1.54) is 6.33 Å². The lowest BCUT2D eigenvalue weighted by molar-refractivity contribution is -0.125. The van der Waals surface area contributed by atoms with E-state index in [0.29, 0.717) is 35.9 Å². The number of anilines is 1. The van der Waals surface area contributed by atoms with Crippen molar-refractivity contribution < 1.29 is 14.3 Å². The van der Waals surface area contributed by atoms with Crippen molar-refractivity contribution in [3.63, 3.8) is 0 Å². The molecule has 2 N–H and O–H groups in total. The zero-order valence-electron chi connectivity index (χ0n) is 19.8. The molecule has 1 fully saturated rings. The Labute approximate surface area is 198 Å². The van der Waals surface area contributed by atoms with Crippen LogP contribution in [0.2, 0.25) is 0 Å². The van der Waals surface area contributed by atoms with Gasteiger partial charge in [0.1, 0.15) is 29.2 Å². The van der Waals surface area contributed by atoms with Crippen LogP contribution in [0.1, 0.15) is 17.7 Å². The number of hydrogen-bond donors (Lipinski definition) is 2. The summed E-state index contributed by atoms with van der Waals surface area (Å²) < 4.78 is 10.7. The quantitative estimate of drug-likeness (QED) is 0.431. The van der Waals surface area contributed by atoms with Gasteiger partial charge in [-0.1, -0.05) is 5.92 Å². The second kappa shape index (κ2) is 10.2. The number of fused-ring (bicyclic) bond motifs is 1. The Morgan fingerprint density at radius 3 is 2.68 bits per heavy atom. The minimum Gasteiger partial charge on any atom is -0.497 e. The van der Waals surface area contributed by atoms with Crippen LogP contribution in [-0.2, 0) is 4.79 Å². The fourth-order valence-corrected chi connectivity index (χ4v) is 3.80. The van der Waals surface area contributed by atoms with Gasteiger partial charge >= 0.3 is 0 Å². The van der Waals surface area contributed by atoms with Gasteiger partial charge in [-0.2, -0.15) is 0 Å². The first kappa shape index (κ1) is 23.0. The number of likely N-dealkylation sites (tertiary alicyclic amines) is 1. The molecule has 1 aliphatic heterocycles. The number of amides is 1. The fourth-order valence-electron chi connectivity index (χ4n) is 3.80. The number of aromatic amines is 1. The highest BCUT2D eigenvalue weighted by Gasteiger charge is 2.26. The number of hydrogen-bond acceptors (Lipinski definition) is 7. The number of carbonyl (C=O) groups is 1. The van der Waals surface area contributed by atoms with E-state index in [0.717, 1.165) is 23.1 Å². The molecule has 1 saturated heterocycles. The SMILES string of the molecule is COc1cc(C#Cc2ncnc3[nH]cc(N[C@H]4CCN(C(=O)C=CN(C)C)C4)c23)cc(OC)c1. The Morgan fingerprint density at radius 1 is 1.21 bits per heavy atom. The summed E-state index contributed by atoms with van der Waals surface area (Å²) in [6, 6.07) is 5.62. The summed E-state index contributed by atoms with van der Waals surface area (Å²) in [5.41, 5.74) is 2.93. The molecule has 9 heteroatoms. The smallest absolute Gasteiger partial charge is 0.248 e. The highest BCUT2D eigenvalue weighted by molar-refractivity contribution is 5.94. The van der Waals surface area contributed by atoms with E-state index >= 15 is 0 Å². The van der Waals surface area contributed by atoms with Crippen LogP contribution < -0.4 is 14.8 Å². The fraction of sp³-hybridized carbons (Fsp3) is 0.320. The second-order valence-corrected chi connectivity index (χ2v) is 8.19. The molecule has 9 nitrogen and oxygen atoms in total. The van der Waals surface area contributed by atoms with E-state index in [4.69, 9.17) is 9.47 Å². The van der Waals surface area contributed by atoms with Gasteiger partial charge < -0.3 is 29.6 Å². The predicted molar refractivity (Wildman–Crippen MR) is 131 cm³/mol. The predicted octanol–water partition coefficient (Wildman–Crippen LogP) is 2.46. The summed E-state index contributed by atoms with van der Waals surface area (Å²) >= 11 is 0. The van der Waals surface area contributed by atoms with Crippen LogP contribution in [0.3, 0.4) is 0 Å². The van der Waals surface area contributed by atoms with Gasteiger partial charge in [0.15, 0.2) is 0 Å². The molecule has 0 bridgehead atoms. The molecule has 0 aliphatic carbocycles. The van der Waals surface area contributed by atoms with Gasteiger partial charge in [-0.25, -0.2) is 9.97 Å². The minimum atomic E-state index is 0.0144. The molecule has 0 radical (unpaired) electrons. The number of H-pyrrole nitrogens is 1. The molecule has 0 unspecified atom stereocenters. The highest BCUT2D eigenvalue weighted by atomic mass is 16.5. The Morgan fingerprint density at radius 2 is 1.97 bits per heavy atom. The normalized spacial score (nSPS) is 15.3. The Balaban J connectivity index is 1.55. The zero-order valence-corrected chi connectivity index (χ0v) is 19.8. The van der Waals surface area contributed by atoms with Crippen molar-refractivity contribution in [2.75, 3.05) is 46.7 Å². The van der Waals surface area contributed by atoms with Crippen molar-refractivity contribution in [1.82, 2.24) is 24.8 Å². The molecule has 0 saturated carbocycles. The topological polar surface area (TPSA) is 95.6 Å². The second-order valence-electron chi connectivity index (χ2n) is 8.19. The van der Waals surface area contributed by atoms with E-state index in [1.807, 2.05) is 42.2 Å². The van der Waals surface area contributed by atoms with Crippen molar-refractivity contribution in [1.29, 1.82) is 0 Å². The lowest BCUT2D eigenvalue weighted by Gasteiger charge is -2.16. The van der Waals surface area contributed by atoms with Gasteiger partial charge in [-0.05, 0) is 24.5 Å². The van der Waals surface area contributed by atoms with Crippen molar-refractivity contribution in [3.05, 3.63) is 54.3 Å². The van der Waals surface area contributed by atoms with Crippen LogP contribution in [0.15, 0.2) is 43.0 Å². The third-order valence-electron chi connectivity index (χ3n) is 5.52. The Hall–Kier alpha value is -4.19. The summed E-state index contributed by atoms with van der Waals surface area (Å²) in [7, 11) is 6.99. The van der Waals surface area contributed by atoms with Crippen molar-refractivity contribution in [2.24, 2.45) is 0 Å². The van der Waals surface area contributed by atoms with Crippen LogP contribution in [0, 0.1) is 11.8 Å². The van der Waals surface area contributed by atoms with E-state index < -0.39 is 0 Å². The van der Waals surface area contributed by atoms with Crippen LogP contribution in [0.4, 0.5) is 5.69 Å². The monoisotopic (exact) mass is 460 g/mol. The van der Waals surface area contributed by atoms with Crippen molar-refractivity contribution in [3.8, 4) is 23.3 Å². The third kappa shape index (κ3) is 5.23. The average molecular weight is 461 g/mol. The maximum absolute atomic E-state index is 12.4. The number of rotatable bonds is 6. The number of ether oxygens (including phenoxy) is 2. The molecule has 3 heterocycles. The summed E-state index contributed by atoms with van der Waals surface area (Å²) in [6.45, 7) is 1.33. The molecule has 1 aromatic carbocycles. The number of carbonyl (C=O) groups excluding carboxylic acids is 1. The molecule has 1 amide bonds. The highest BCUT2D eigenvalue weighted by Crippen LogP contribution is 2.27.